The topological polar surface area (TPSA) is 25.4 Å². The first kappa shape index (κ1) is 17.4. The van der Waals surface area contributed by atoms with E-state index in [9.17, 15) is 4.39 Å². The predicted molar refractivity (Wildman–Crippen MR) is 106 cm³/mol. The van der Waals surface area contributed by atoms with Gasteiger partial charge < -0.3 is 9.64 Å². The molecule has 3 nitrogen and oxygen atoms in total. The minimum absolute atomic E-state index is 0.602. The summed E-state index contributed by atoms with van der Waals surface area (Å²) in [5.41, 5.74) is 2.26. The van der Waals surface area contributed by atoms with E-state index in [2.05, 4.69) is 40.2 Å². The molecule has 1 fully saturated rings. The van der Waals surface area contributed by atoms with Gasteiger partial charge in [-0.15, -0.1) is 0 Å². The summed E-state index contributed by atoms with van der Waals surface area (Å²) >= 11 is 1.57. The number of benzene rings is 1. The summed E-state index contributed by atoms with van der Waals surface area (Å²) in [6.45, 7) is 2.74. The molecule has 4 rings (SSSR count). The smallest absolute Gasteiger partial charge is 0.279 e. The van der Waals surface area contributed by atoms with E-state index in [0.29, 0.717) is 18.0 Å². The first-order valence-corrected chi connectivity index (χ1v) is 10.0. The molecule has 0 spiro atoms. The van der Waals surface area contributed by atoms with Crippen molar-refractivity contribution in [3.05, 3.63) is 52.6 Å². The van der Waals surface area contributed by atoms with Crippen LogP contribution in [0.2, 0.25) is 0 Å². The van der Waals surface area contributed by atoms with Crippen LogP contribution < -0.4 is 4.74 Å². The Morgan fingerprint density at radius 3 is 2.69 bits per heavy atom. The molecule has 26 heavy (non-hydrogen) atoms. The zero-order valence-corrected chi connectivity index (χ0v) is 15.6. The van der Waals surface area contributed by atoms with Crippen molar-refractivity contribution in [3.63, 3.8) is 0 Å². The van der Waals surface area contributed by atoms with E-state index in [-0.39, 0.29) is 0 Å². The van der Waals surface area contributed by atoms with Crippen LogP contribution in [0.5, 0.6) is 10.9 Å². The third-order valence-electron chi connectivity index (χ3n) is 4.84. The molecule has 0 unspecified atom stereocenters. The number of nitrogens with zero attached hydrogens (tertiary/aromatic N) is 2. The number of likely N-dealkylation sites (tertiary alicyclic amines) is 1. The van der Waals surface area contributed by atoms with E-state index in [4.69, 9.17) is 4.74 Å². The van der Waals surface area contributed by atoms with E-state index in [0.717, 1.165) is 48.8 Å². The average Bonchev–Trinajstić information content (AvgIpc) is 2.90. The number of hydrogen-bond donors (Lipinski definition) is 0. The standard InChI is InChI=1S/C21H23FN2OS/c22-17-11-14-24(15-12-17)13-10-16-6-8-18(9-7-16)25-21-23-19-4-2-1-3-5-20(19)26-21/h2-9,17H,1,10-15H2. The molecule has 1 saturated heterocycles. The van der Waals surface area contributed by atoms with Crippen molar-refractivity contribution < 1.29 is 9.13 Å². The number of halogens is 1. The van der Waals surface area contributed by atoms with Crippen molar-refractivity contribution in [3.8, 4) is 10.9 Å². The van der Waals surface area contributed by atoms with Crippen LogP contribution in [0.3, 0.4) is 0 Å². The van der Waals surface area contributed by atoms with Crippen LogP contribution in [0, 0.1) is 0 Å². The van der Waals surface area contributed by atoms with E-state index in [1.807, 2.05) is 18.2 Å². The van der Waals surface area contributed by atoms with Gasteiger partial charge in [0, 0.05) is 19.6 Å². The lowest BCUT2D eigenvalue weighted by Crippen LogP contribution is -2.35. The van der Waals surface area contributed by atoms with Crippen molar-refractivity contribution >= 4 is 23.5 Å². The van der Waals surface area contributed by atoms with Gasteiger partial charge in [-0.2, -0.15) is 0 Å². The molecule has 2 heterocycles. The lowest BCUT2D eigenvalue weighted by atomic mass is 10.1. The van der Waals surface area contributed by atoms with Gasteiger partial charge in [-0.05, 0) is 55.5 Å². The SMILES string of the molecule is FC1CCN(CCc2ccc(Oc3nc4c(s3)C=CCC=C4)cc2)CC1. The Labute approximate surface area is 157 Å². The highest BCUT2D eigenvalue weighted by Gasteiger charge is 2.17. The lowest BCUT2D eigenvalue weighted by molar-refractivity contribution is 0.152. The molecule has 0 N–H and O–H groups in total. The number of fused-ring (bicyclic) bond motifs is 1. The van der Waals surface area contributed by atoms with Gasteiger partial charge in [0.05, 0.1) is 10.6 Å². The Hall–Kier alpha value is -1.98. The molecule has 2 aliphatic rings. The summed E-state index contributed by atoms with van der Waals surface area (Å²) in [7, 11) is 0. The van der Waals surface area contributed by atoms with Crippen LogP contribution >= 0.6 is 11.3 Å². The number of alkyl halides is 1. The van der Waals surface area contributed by atoms with E-state index >= 15 is 0 Å². The second-order valence-electron chi connectivity index (χ2n) is 6.78. The molecule has 136 valence electrons. The fourth-order valence-electron chi connectivity index (χ4n) is 3.28. The van der Waals surface area contributed by atoms with E-state index in [1.165, 1.54) is 5.56 Å². The molecule has 0 saturated carbocycles. The molecule has 5 heteroatoms. The van der Waals surface area contributed by atoms with Gasteiger partial charge in [-0.25, -0.2) is 9.37 Å². The maximum Gasteiger partial charge on any atom is 0.279 e. The number of ether oxygens (including phenoxy) is 1. The summed E-state index contributed by atoms with van der Waals surface area (Å²) in [6.07, 6.45) is 11.1. The van der Waals surface area contributed by atoms with Gasteiger partial charge in [0.15, 0.2) is 0 Å². The first-order chi connectivity index (χ1) is 12.8. The lowest BCUT2D eigenvalue weighted by Gasteiger charge is -2.28. The van der Waals surface area contributed by atoms with Crippen molar-refractivity contribution in [2.45, 2.75) is 31.9 Å². The van der Waals surface area contributed by atoms with Crippen LogP contribution in [0.15, 0.2) is 36.4 Å². The minimum Gasteiger partial charge on any atom is -0.431 e. The number of aromatic nitrogens is 1. The van der Waals surface area contributed by atoms with Crippen molar-refractivity contribution in [1.29, 1.82) is 0 Å². The van der Waals surface area contributed by atoms with Crippen molar-refractivity contribution in [2.24, 2.45) is 0 Å². The average molecular weight is 370 g/mol. The monoisotopic (exact) mass is 370 g/mol. The van der Waals surface area contributed by atoms with Gasteiger partial charge in [0.25, 0.3) is 5.19 Å². The van der Waals surface area contributed by atoms with Crippen LogP contribution in [0.25, 0.3) is 12.2 Å². The number of hydrogen-bond acceptors (Lipinski definition) is 4. The maximum absolute atomic E-state index is 13.2. The molecule has 0 amide bonds. The third kappa shape index (κ3) is 4.40. The zero-order valence-electron chi connectivity index (χ0n) is 14.7. The summed E-state index contributed by atoms with van der Waals surface area (Å²) < 4.78 is 19.1. The summed E-state index contributed by atoms with van der Waals surface area (Å²) in [4.78, 5) is 8.05. The molecule has 0 atom stereocenters. The highest BCUT2D eigenvalue weighted by molar-refractivity contribution is 7.14. The van der Waals surface area contributed by atoms with Gasteiger partial charge >= 0.3 is 0 Å². The molecule has 1 aromatic heterocycles. The summed E-state index contributed by atoms with van der Waals surface area (Å²) in [6, 6.07) is 8.22. The number of thiazole rings is 1. The Balaban J connectivity index is 1.32. The zero-order chi connectivity index (χ0) is 17.8. The molecule has 1 aliphatic heterocycles. The normalized spacial score (nSPS) is 17.9. The van der Waals surface area contributed by atoms with Crippen LogP contribution in [0.1, 0.15) is 35.4 Å². The first-order valence-electron chi connectivity index (χ1n) is 9.23. The maximum atomic E-state index is 13.2. The number of rotatable bonds is 5. The molecule has 0 bridgehead atoms. The van der Waals surface area contributed by atoms with Gasteiger partial charge in [-0.3, -0.25) is 0 Å². The molecule has 2 aromatic rings. The fourth-order valence-corrected chi connectivity index (χ4v) is 4.13. The van der Waals surface area contributed by atoms with Crippen molar-refractivity contribution in [2.75, 3.05) is 19.6 Å². The second kappa shape index (κ2) is 8.14. The predicted octanol–water partition coefficient (Wildman–Crippen LogP) is 5.34. The number of piperidine rings is 1. The molecule has 0 radical (unpaired) electrons. The summed E-state index contributed by atoms with van der Waals surface area (Å²) in [5, 5.41) is 0.674. The molecular formula is C21H23FN2OS. The van der Waals surface area contributed by atoms with Crippen LogP contribution in [-0.2, 0) is 6.42 Å². The Kier molecular flexibility index (Phi) is 5.46. The molecule has 1 aliphatic carbocycles. The van der Waals surface area contributed by atoms with E-state index < -0.39 is 6.17 Å². The van der Waals surface area contributed by atoms with E-state index in [1.54, 1.807) is 11.3 Å². The third-order valence-corrected chi connectivity index (χ3v) is 5.76. The largest absolute Gasteiger partial charge is 0.431 e. The molecule has 1 aromatic carbocycles. The van der Waals surface area contributed by atoms with Gasteiger partial charge in [0.1, 0.15) is 11.9 Å². The van der Waals surface area contributed by atoms with Gasteiger partial charge in [-0.1, -0.05) is 35.6 Å². The summed E-state index contributed by atoms with van der Waals surface area (Å²) in [5.74, 6) is 0.809. The van der Waals surface area contributed by atoms with Crippen LogP contribution in [-0.4, -0.2) is 35.7 Å². The van der Waals surface area contributed by atoms with Crippen LogP contribution in [0.4, 0.5) is 4.39 Å². The van der Waals surface area contributed by atoms with Crippen molar-refractivity contribution in [1.82, 2.24) is 9.88 Å². The fraction of sp³-hybridized carbons (Fsp3) is 0.381. The second-order valence-corrected chi connectivity index (χ2v) is 7.78. The molecular weight excluding hydrogens is 347 g/mol. The highest BCUT2D eigenvalue weighted by atomic mass is 32.1. The van der Waals surface area contributed by atoms with Gasteiger partial charge in [0.2, 0.25) is 0 Å². The Bertz CT molecular complexity index is 759. The Morgan fingerprint density at radius 2 is 1.88 bits per heavy atom. The number of allylic oxidation sites excluding steroid dienone is 2. The highest BCUT2D eigenvalue weighted by Crippen LogP contribution is 2.32. The Morgan fingerprint density at radius 1 is 1.12 bits per heavy atom. The quantitative estimate of drug-likeness (QED) is 0.710. The minimum atomic E-state index is -0.602.